The van der Waals surface area contributed by atoms with E-state index in [0.717, 1.165) is 4.47 Å². The van der Waals surface area contributed by atoms with Crippen LogP contribution < -0.4 is 10.1 Å². The number of hydrogen-bond donors (Lipinski definition) is 3. The first-order chi connectivity index (χ1) is 10.1. The van der Waals surface area contributed by atoms with Crippen LogP contribution in [-0.4, -0.2) is 41.7 Å². The Kier molecular flexibility index (Phi) is 6.65. The molecule has 3 N–H and O–H groups in total. The minimum atomic E-state index is -1.17. The molecule has 6 nitrogen and oxygen atoms in total. The number of benzene rings is 1. The summed E-state index contributed by atoms with van der Waals surface area (Å²) in [6.07, 6.45) is -2.97. The molecule has 2 atom stereocenters. The number of halogens is 1. The fourth-order valence-electron chi connectivity index (χ4n) is 1.70. The quantitative estimate of drug-likeness (QED) is 0.735. The Balaban J connectivity index is 2.62. The van der Waals surface area contributed by atoms with Crippen molar-refractivity contribution in [3.8, 4) is 5.75 Å². The number of ether oxygens (including phenoxy) is 2. The molecule has 0 bridgehead atoms. The minimum absolute atomic E-state index is 0.130. The van der Waals surface area contributed by atoms with Crippen LogP contribution in [0.4, 0.5) is 4.79 Å². The number of aliphatic hydroxyl groups excluding tert-OH is 2. The van der Waals surface area contributed by atoms with Crippen LogP contribution in [-0.2, 0) is 4.74 Å². The number of amides is 1. The van der Waals surface area contributed by atoms with E-state index in [0.29, 0.717) is 11.3 Å². The molecular weight excluding hydrogens is 354 g/mol. The molecule has 1 aromatic rings. The van der Waals surface area contributed by atoms with Gasteiger partial charge in [0, 0.05) is 6.54 Å². The van der Waals surface area contributed by atoms with E-state index in [9.17, 15) is 15.0 Å². The van der Waals surface area contributed by atoms with E-state index in [4.69, 9.17) is 9.47 Å². The van der Waals surface area contributed by atoms with Gasteiger partial charge in [-0.3, -0.25) is 0 Å². The fraction of sp³-hybridized carbons (Fsp3) is 0.533. The summed E-state index contributed by atoms with van der Waals surface area (Å²) < 4.78 is 10.9. The van der Waals surface area contributed by atoms with Crippen molar-refractivity contribution in [3.63, 3.8) is 0 Å². The maximum absolute atomic E-state index is 11.5. The van der Waals surface area contributed by atoms with Gasteiger partial charge in [0.15, 0.2) is 0 Å². The second-order valence-electron chi connectivity index (χ2n) is 5.79. The number of carbonyl (C=O) groups excluding carboxylic acids is 1. The van der Waals surface area contributed by atoms with Gasteiger partial charge in [-0.15, -0.1) is 0 Å². The second kappa shape index (κ2) is 7.80. The van der Waals surface area contributed by atoms with Gasteiger partial charge >= 0.3 is 6.09 Å². The smallest absolute Gasteiger partial charge is 0.407 e. The standard InChI is InChI=1S/C15H22BrNO5/c1-15(2,3)22-14(20)17-8-11(18)13(19)9-5-6-10(16)12(7-9)21-4/h5-7,11,13,18-19H,8H2,1-4H3,(H,17,20). The van der Waals surface area contributed by atoms with Gasteiger partial charge in [0.25, 0.3) is 0 Å². The van der Waals surface area contributed by atoms with Gasteiger partial charge in [-0.1, -0.05) is 6.07 Å². The van der Waals surface area contributed by atoms with E-state index in [1.165, 1.54) is 7.11 Å². The van der Waals surface area contributed by atoms with Gasteiger partial charge in [0.2, 0.25) is 0 Å². The molecule has 22 heavy (non-hydrogen) atoms. The molecule has 0 radical (unpaired) electrons. The Bertz CT molecular complexity index is 515. The van der Waals surface area contributed by atoms with Crippen LogP contribution in [0.5, 0.6) is 5.75 Å². The molecular formula is C15H22BrNO5. The van der Waals surface area contributed by atoms with Crippen LogP contribution in [0.3, 0.4) is 0 Å². The number of rotatable bonds is 5. The second-order valence-corrected chi connectivity index (χ2v) is 6.64. The van der Waals surface area contributed by atoms with Crippen LogP contribution in [0.15, 0.2) is 22.7 Å². The first kappa shape index (κ1) is 18.7. The molecule has 0 aliphatic carbocycles. The molecule has 0 saturated carbocycles. The first-order valence-electron chi connectivity index (χ1n) is 6.80. The Morgan fingerprint density at radius 1 is 1.36 bits per heavy atom. The van der Waals surface area contributed by atoms with Gasteiger partial charge in [0.1, 0.15) is 23.6 Å². The lowest BCUT2D eigenvalue weighted by Crippen LogP contribution is -2.38. The summed E-state index contributed by atoms with van der Waals surface area (Å²) in [6.45, 7) is 5.10. The molecule has 1 amide bonds. The summed E-state index contributed by atoms with van der Waals surface area (Å²) in [5, 5.41) is 22.5. The predicted molar refractivity (Wildman–Crippen MR) is 85.9 cm³/mol. The Morgan fingerprint density at radius 3 is 2.55 bits per heavy atom. The highest BCUT2D eigenvalue weighted by Gasteiger charge is 2.22. The number of carbonyl (C=O) groups is 1. The molecule has 1 aromatic carbocycles. The van der Waals surface area contributed by atoms with Gasteiger partial charge in [-0.25, -0.2) is 4.79 Å². The zero-order valence-corrected chi connectivity index (χ0v) is 14.7. The average molecular weight is 376 g/mol. The maximum atomic E-state index is 11.5. The van der Waals surface area contributed by atoms with Gasteiger partial charge in [-0.2, -0.15) is 0 Å². The summed E-state index contributed by atoms with van der Waals surface area (Å²) in [7, 11) is 1.51. The van der Waals surface area contributed by atoms with E-state index in [1.807, 2.05) is 0 Å². The minimum Gasteiger partial charge on any atom is -0.496 e. The number of hydrogen-bond acceptors (Lipinski definition) is 5. The molecule has 0 spiro atoms. The van der Waals surface area contributed by atoms with Crippen molar-refractivity contribution < 1.29 is 24.5 Å². The van der Waals surface area contributed by atoms with Crippen molar-refractivity contribution in [2.45, 2.75) is 38.6 Å². The third-order valence-corrected chi connectivity index (χ3v) is 3.39. The number of methoxy groups -OCH3 is 1. The molecule has 0 fully saturated rings. The lowest BCUT2D eigenvalue weighted by atomic mass is 10.0. The van der Waals surface area contributed by atoms with Gasteiger partial charge in [0.05, 0.1) is 11.6 Å². The predicted octanol–water partition coefficient (Wildman–Crippen LogP) is 2.38. The van der Waals surface area contributed by atoms with Crippen LogP contribution in [0, 0.1) is 0 Å². The van der Waals surface area contributed by atoms with Crippen molar-refractivity contribution >= 4 is 22.0 Å². The third-order valence-electron chi connectivity index (χ3n) is 2.74. The molecule has 124 valence electrons. The molecule has 0 heterocycles. The van der Waals surface area contributed by atoms with Crippen LogP contribution in [0.1, 0.15) is 32.4 Å². The number of nitrogens with one attached hydrogen (secondary N) is 1. The topological polar surface area (TPSA) is 88.0 Å². The van der Waals surface area contributed by atoms with Gasteiger partial charge in [-0.05, 0) is 54.4 Å². The summed E-state index contributed by atoms with van der Waals surface area (Å²) in [4.78, 5) is 11.5. The molecule has 1 rings (SSSR count). The third kappa shape index (κ3) is 5.82. The van der Waals surface area contributed by atoms with Crippen molar-refractivity contribution in [2.24, 2.45) is 0 Å². The van der Waals surface area contributed by atoms with E-state index < -0.39 is 23.9 Å². The molecule has 0 aliphatic heterocycles. The Labute approximate surface area is 138 Å². The van der Waals surface area contributed by atoms with Crippen molar-refractivity contribution in [1.29, 1.82) is 0 Å². The normalized spacial score (nSPS) is 14.1. The lowest BCUT2D eigenvalue weighted by molar-refractivity contribution is 0.0128. The van der Waals surface area contributed by atoms with E-state index in [-0.39, 0.29) is 6.54 Å². The van der Waals surface area contributed by atoms with E-state index in [1.54, 1.807) is 39.0 Å². The van der Waals surface area contributed by atoms with Crippen molar-refractivity contribution in [3.05, 3.63) is 28.2 Å². The molecule has 0 saturated heterocycles. The highest BCUT2D eigenvalue weighted by Crippen LogP contribution is 2.29. The van der Waals surface area contributed by atoms with E-state index >= 15 is 0 Å². The molecule has 0 aliphatic rings. The monoisotopic (exact) mass is 375 g/mol. The van der Waals surface area contributed by atoms with Crippen molar-refractivity contribution in [2.75, 3.05) is 13.7 Å². The molecule has 2 unspecified atom stereocenters. The summed E-state index contributed by atoms with van der Waals surface area (Å²) in [5.41, 5.74) is -0.134. The fourth-order valence-corrected chi connectivity index (χ4v) is 2.10. The zero-order valence-electron chi connectivity index (χ0n) is 13.1. The highest BCUT2D eigenvalue weighted by molar-refractivity contribution is 9.10. The average Bonchev–Trinajstić information content (AvgIpc) is 2.42. The van der Waals surface area contributed by atoms with Crippen LogP contribution >= 0.6 is 15.9 Å². The van der Waals surface area contributed by atoms with Crippen LogP contribution in [0.2, 0.25) is 0 Å². The highest BCUT2D eigenvalue weighted by atomic mass is 79.9. The summed E-state index contributed by atoms with van der Waals surface area (Å²) >= 11 is 3.31. The number of aliphatic hydroxyl groups is 2. The summed E-state index contributed by atoms with van der Waals surface area (Å²) in [6, 6.07) is 4.99. The molecule has 7 heteroatoms. The zero-order chi connectivity index (χ0) is 16.9. The van der Waals surface area contributed by atoms with Crippen molar-refractivity contribution in [1.82, 2.24) is 5.32 Å². The van der Waals surface area contributed by atoms with Gasteiger partial charge < -0.3 is 25.0 Å². The lowest BCUT2D eigenvalue weighted by Gasteiger charge is -2.22. The maximum Gasteiger partial charge on any atom is 0.407 e. The Hall–Kier alpha value is -1.31. The SMILES string of the molecule is COc1cc(C(O)C(O)CNC(=O)OC(C)(C)C)ccc1Br. The van der Waals surface area contributed by atoms with E-state index in [2.05, 4.69) is 21.2 Å². The first-order valence-corrected chi connectivity index (χ1v) is 7.59. The summed E-state index contributed by atoms with van der Waals surface area (Å²) in [5.74, 6) is 0.545. The molecule has 0 aromatic heterocycles. The van der Waals surface area contributed by atoms with Crippen LogP contribution in [0.25, 0.3) is 0 Å². The largest absolute Gasteiger partial charge is 0.496 e. The number of alkyl carbamates (subject to hydrolysis) is 1. The Morgan fingerprint density at radius 2 is 2.00 bits per heavy atom.